The maximum atomic E-state index is 4.29. The Morgan fingerprint density at radius 2 is 2.07 bits per heavy atom. The fourth-order valence-corrected chi connectivity index (χ4v) is 1.87. The molecule has 1 atom stereocenters. The number of nitrogens with zero attached hydrogens (tertiary/aromatic N) is 1. The largest absolute Gasteiger partial charge is 0.282 e. The predicted molar refractivity (Wildman–Crippen MR) is 66.1 cm³/mol. The topological polar surface area (TPSA) is 28.7 Å². The summed E-state index contributed by atoms with van der Waals surface area (Å²) in [6, 6.07) is 12.3. The highest BCUT2D eigenvalue weighted by atomic mass is 79.9. The number of nitrogens with one attached hydrogen (secondary N) is 1. The van der Waals surface area contributed by atoms with Gasteiger partial charge in [-0.3, -0.25) is 5.10 Å². The van der Waals surface area contributed by atoms with Crippen molar-refractivity contribution in [3.63, 3.8) is 0 Å². The van der Waals surface area contributed by atoms with Crippen LogP contribution in [0.25, 0.3) is 11.3 Å². The van der Waals surface area contributed by atoms with Crippen LogP contribution in [0.3, 0.4) is 0 Å². The van der Waals surface area contributed by atoms with Crippen molar-refractivity contribution in [2.75, 3.05) is 0 Å². The Labute approximate surface area is 97.8 Å². The Bertz CT molecular complexity index is 420. The lowest BCUT2D eigenvalue weighted by Gasteiger charge is -1.97. The number of aromatic amines is 1. The molecule has 1 unspecified atom stereocenters. The molecule has 1 heterocycles. The van der Waals surface area contributed by atoms with E-state index in [1.165, 1.54) is 5.69 Å². The second-order valence-electron chi connectivity index (χ2n) is 3.63. The minimum absolute atomic E-state index is 0.474. The van der Waals surface area contributed by atoms with E-state index in [-0.39, 0.29) is 0 Å². The highest BCUT2D eigenvalue weighted by molar-refractivity contribution is 9.09. The third kappa shape index (κ3) is 2.69. The first-order valence-corrected chi connectivity index (χ1v) is 5.91. The first kappa shape index (κ1) is 10.4. The van der Waals surface area contributed by atoms with E-state index in [1.54, 1.807) is 0 Å². The third-order valence-corrected chi connectivity index (χ3v) is 2.53. The fraction of sp³-hybridized carbons (Fsp3) is 0.250. The molecular formula is C12H13BrN2. The van der Waals surface area contributed by atoms with Crippen LogP contribution in [0.2, 0.25) is 0 Å². The quantitative estimate of drug-likeness (QED) is 0.846. The standard InChI is InChI=1S/C12H13BrN2/c1-9(13)7-11-8-12(15-14-11)10-5-3-2-4-6-10/h2-6,8-9H,7H2,1H3,(H,14,15). The van der Waals surface area contributed by atoms with Gasteiger partial charge in [-0.05, 0) is 6.07 Å². The monoisotopic (exact) mass is 264 g/mol. The molecule has 0 aliphatic heterocycles. The molecule has 0 aliphatic carbocycles. The van der Waals surface area contributed by atoms with Crippen LogP contribution in [-0.2, 0) is 6.42 Å². The second kappa shape index (κ2) is 4.62. The van der Waals surface area contributed by atoms with Crippen molar-refractivity contribution in [1.29, 1.82) is 0 Å². The molecule has 78 valence electrons. The summed E-state index contributed by atoms with van der Waals surface area (Å²) >= 11 is 3.53. The summed E-state index contributed by atoms with van der Waals surface area (Å²) < 4.78 is 0. The molecule has 0 radical (unpaired) electrons. The molecule has 2 aromatic rings. The van der Waals surface area contributed by atoms with Crippen molar-refractivity contribution < 1.29 is 0 Å². The number of benzene rings is 1. The van der Waals surface area contributed by atoms with Crippen molar-refractivity contribution in [2.24, 2.45) is 0 Å². The lowest BCUT2D eigenvalue weighted by Crippen LogP contribution is -1.95. The molecular weight excluding hydrogens is 252 g/mol. The molecule has 15 heavy (non-hydrogen) atoms. The summed E-state index contributed by atoms with van der Waals surface area (Å²) in [4.78, 5) is 0.474. The number of aromatic nitrogens is 2. The van der Waals surface area contributed by atoms with E-state index in [0.717, 1.165) is 17.7 Å². The molecule has 1 aromatic carbocycles. The zero-order valence-corrected chi connectivity index (χ0v) is 10.2. The van der Waals surface area contributed by atoms with Crippen LogP contribution in [-0.4, -0.2) is 15.0 Å². The van der Waals surface area contributed by atoms with Crippen LogP contribution >= 0.6 is 15.9 Å². The van der Waals surface area contributed by atoms with Gasteiger partial charge in [-0.1, -0.05) is 53.2 Å². The number of hydrogen-bond acceptors (Lipinski definition) is 1. The maximum absolute atomic E-state index is 4.29. The fourth-order valence-electron chi connectivity index (χ4n) is 1.53. The summed E-state index contributed by atoms with van der Waals surface area (Å²) in [6.45, 7) is 2.13. The summed E-state index contributed by atoms with van der Waals surface area (Å²) in [5.41, 5.74) is 3.33. The number of alkyl halides is 1. The summed E-state index contributed by atoms with van der Waals surface area (Å²) in [5.74, 6) is 0. The number of rotatable bonds is 3. The van der Waals surface area contributed by atoms with Crippen molar-refractivity contribution in [3.05, 3.63) is 42.1 Å². The van der Waals surface area contributed by atoms with Gasteiger partial charge < -0.3 is 0 Å². The van der Waals surface area contributed by atoms with Gasteiger partial charge in [0.25, 0.3) is 0 Å². The number of hydrogen-bond donors (Lipinski definition) is 1. The highest BCUT2D eigenvalue weighted by Gasteiger charge is 2.05. The second-order valence-corrected chi connectivity index (χ2v) is 5.19. The molecule has 2 rings (SSSR count). The lowest BCUT2D eigenvalue weighted by atomic mass is 10.1. The molecule has 1 N–H and O–H groups in total. The van der Waals surface area contributed by atoms with Gasteiger partial charge in [-0.25, -0.2) is 0 Å². The van der Waals surface area contributed by atoms with Crippen LogP contribution in [0.4, 0.5) is 0 Å². The Hall–Kier alpha value is -1.09. The number of halogens is 1. The van der Waals surface area contributed by atoms with E-state index < -0.39 is 0 Å². The Kier molecular flexibility index (Phi) is 3.21. The van der Waals surface area contributed by atoms with Gasteiger partial charge in [-0.2, -0.15) is 5.10 Å². The Morgan fingerprint density at radius 1 is 1.33 bits per heavy atom. The number of H-pyrrole nitrogens is 1. The lowest BCUT2D eigenvalue weighted by molar-refractivity contribution is 0.894. The molecule has 0 aliphatic rings. The van der Waals surface area contributed by atoms with Crippen molar-refractivity contribution in [3.8, 4) is 11.3 Å². The molecule has 1 aromatic heterocycles. The van der Waals surface area contributed by atoms with Crippen LogP contribution in [0.1, 0.15) is 12.6 Å². The van der Waals surface area contributed by atoms with Crippen LogP contribution in [0.5, 0.6) is 0 Å². The maximum Gasteiger partial charge on any atom is 0.0923 e. The van der Waals surface area contributed by atoms with Crippen LogP contribution < -0.4 is 0 Å². The first-order valence-electron chi connectivity index (χ1n) is 4.99. The molecule has 0 saturated heterocycles. The van der Waals surface area contributed by atoms with E-state index in [9.17, 15) is 0 Å². The normalized spacial score (nSPS) is 12.7. The van der Waals surface area contributed by atoms with Crippen molar-refractivity contribution >= 4 is 15.9 Å². The molecule has 0 bridgehead atoms. The average molecular weight is 265 g/mol. The predicted octanol–water partition coefficient (Wildman–Crippen LogP) is 3.40. The SMILES string of the molecule is CC(Br)Cc1cc(-c2ccccc2)n[nH]1. The Morgan fingerprint density at radius 3 is 2.73 bits per heavy atom. The van der Waals surface area contributed by atoms with Gasteiger partial charge in [0.15, 0.2) is 0 Å². The summed E-state index contributed by atoms with van der Waals surface area (Å²) in [6.07, 6.45) is 0.972. The van der Waals surface area contributed by atoms with Gasteiger partial charge in [0.2, 0.25) is 0 Å². The molecule has 0 saturated carbocycles. The summed E-state index contributed by atoms with van der Waals surface area (Å²) in [5, 5.41) is 7.35. The van der Waals surface area contributed by atoms with Gasteiger partial charge in [0.1, 0.15) is 0 Å². The molecule has 0 spiro atoms. The van der Waals surface area contributed by atoms with Crippen LogP contribution in [0, 0.1) is 0 Å². The van der Waals surface area contributed by atoms with Crippen LogP contribution in [0.15, 0.2) is 36.4 Å². The minimum atomic E-state index is 0.474. The van der Waals surface area contributed by atoms with E-state index in [4.69, 9.17) is 0 Å². The van der Waals surface area contributed by atoms with E-state index >= 15 is 0 Å². The zero-order chi connectivity index (χ0) is 10.7. The minimum Gasteiger partial charge on any atom is -0.282 e. The highest BCUT2D eigenvalue weighted by Crippen LogP contribution is 2.18. The third-order valence-electron chi connectivity index (χ3n) is 2.20. The molecule has 0 amide bonds. The van der Waals surface area contributed by atoms with E-state index in [1.807, 2.05) is 18.2 Å². The molecule has 3 heteroatoms. The van der Waals surface area contributed by atoms with Crippen molar-refractivity contribution in [1.82, 2.24) is 10.2 Å². The molecule has 2 nitrogen and oxygen atoms in total. The Balaban J connectivity index is 2.21. The van der Waals surface area contributed by atoms with Gasteiger partial charge in [0.05, 0.1) is 5.69 Å². The van der Waals surface area contributed by atoms with Gasteiger partial charge in [0, 0.05) is 22.5 Å². The smallest absolute Gasteiger partial charge is 0.0923 e. The average Bonchev–Trinajstić information content (AvgIpc) is 2.67. The van der Waals surface area contributed by atoms with Crippen molar-refractivity contribution in [2.45, 2.75) is 18.2 Å². The van der Waals surface area contributed by atoms with E-state index in [2.05, 4.69) is 51.3 Å². The van der Waals surface area contributed by atoms with Gasteiger partial charge in [-0.15, -0.1) is 0 Å². The first-order chi connectivity index (χ1) is 7.25. The van der Waals surface area contributed by atoms with E-state index in [0.29, 0.717) is 4.83 Å². The summed E-state index contributed by atoms with van der Waals surface area (Å²) in [7, 11) is 0. The zero-order valence-electron chi connectivity index (χ0n) is 8.57. The van der Waals surface area contributed by atoms with Gasteiger partial charge >= 0.3 is 0 Å². The molecule has 0 fully saturated rings.